The number of amides is 1. The number of Topliss-reactive ketones (excluding diaryl/α,β-unsaturated/α-hetero) is 1. The van der Waals surface area contributed by atoms with Gasteiger partial charge >= 0.3 is 12.1 Å². The van der Waals surface area contributed by atoms with Crippen molar-refractivity contribution in [2.75, 3.05) is 19.3 Å². The summed E-state index contributed by atoms with van der Waals surface area (Å²) in [7, 11) is 0. The first-order chi connectivity index (χ1) is 18.9. The summed E-state index contributed by atoms with van der Waals surface area (Å²) in [5.41, 5.74) is 1.59. The molecule has 0 radical (unpaired) electrons. The molecule has 0 aromatic heterocycles. The minimum atomic E-state index is -1.40. The van der Waals surface area contributed by atoms with E-state index in [1.807, 2.05) is 56.5 Å². The van der Waals surface area contributed by atoms with E-state index in [-0.39, 0.29) is 18.2 Å². The molecule has 0 saturated carbocycles. The zero-order chi connectivity index (χ0) is 29.2. The van der Waals surface area contributed by atoms with E-state index < -0.39 is 23.6 Å². The average Bonchev–Trinajstić information content (AvgIpc) is 3.37. The quantitative estimate of drug-likeness (QED) is 0.210. The largest absolute Gasteiger partial charge is 0.478 e. The van der Waals surface area contributed by atoms with Crippen LogP contribution >= 0.6 is 27.7 Å². The number of benzene rings is 3. The molecule has 1 amide bonds. The number of carboxylic acids is 1. The number of carboxylic acid groups (broad SMARTS) is 1. The number of hydrogen-bond acceptors (Lipinski definition) is 6. The fourth-order valence-corrected chi connectivity index (χ4v) is 5.52. The van der Waals surface area contributed by atoms with Crippen molar-refractivity contribution < 1.29 is 29.0 Å². The van der Waals surface area contributed by atoms with Gasteiger partial charge in [-0.15, -0.1) is 11.8 Å². The second kappa shape index (κ2) is 12.1. The Bertz CT molecular complexity index is 1400. The Balaban J connectivity index is 1.66. The number of aryl methyl sites for hydroxylation is 2. The van der Waals surface area contributed by atoms with Gasteiger partial charge in [0.1, 0.15) is 11.5 Å². The van der Waals surface area contributed by atoms with Crippen LogP contribution in [-0.2, 0) is 4.79 Å². The molecule has 0 spiro atoms. The zero-order valence-electron chi connectivity index (χ0n) is 23.1. The average molecular weight is 627 g/mol. The third-order valence-electron chi connectivity index (χ3n) is 7.09. The van der Waals surface area contributed by atoms with Gasteiger partial charge in [-0.1, -0.05) is 40.2 Å². The van der Waals surface area contributed by atoms with Crippen molar-refractivity contribution >= 4 is 45.5 Å². The standard InChI is InChI=1S/C31H32BrNO6S/c1-18-14-21(15-19(2)28(18)39-31(3,4)29(35)36)25-16-33(30(37)38-23-10-8-22(32)9-11-23)17-26(25)27(34)20-6-12-24(40-5)13-7-20/h6-15,25-26H,16-17H2,1-5H3,(H,35,36)/t25-,26+/m1/s1. The van der Waals surface area contributed by atoms with Crippen molar-refractivity contribution in [1.29, 1.82) is 0 Å². The van der Waals surface area contributed by atoms with Gasteiger partial charge in [-0.3, -0.25) is 4.79 Å². The lowest BCUT2D eigenvalue weighted by Crippen LogP contribution is -2.38. The van der Waals surface area contributed by atoms with Gasteiger partial charge in [-0.25, -0.2) is 9.59 Å². The Labute approximate surface area is 247 Å². The van der Waals surface area contributed by atoms with E-state index >= 15 is 0 Å². The van der Waals surface area contributed by atoms with Gasteiger partial charge < -0.3 is 19.5 Å². The summed E-state index contributed by atoms with van der Waals surface area (Å²) in [5, 5.41) is 9.53. The van der Waals surface area contributed by atoms with Gasteiger partial charge in [0.2, 0.25) is 0 Å². The van der Waals surface area contributed by atoms with Crippen LogP contribution in [0.5, 0.6) is 11.5 Å². The van der Waals surface area contributed by atoms with Crippen LogP contribution in [-0.4, -0.2) is 52.8 Å². The normalized spacial score (nSPS) is 17.0. The summed E-state index contributed by atoms with van der Waals surface area (Å²) >= 11 is 4.98. The third kappa shape index (κ3) is 6.53. The highest BCUT2D eigenvalue weighted by atomic mass is 79.9. The smallest absolute Gasteiger partial charge is 0.415 e. The number of carbonyl (C=O) groups is 3. The van der Waals surface area contributed by atoms with E-state index in [1.54, 1.807) is 40.9 Å². The number of ketones is 1. The van der Waals surface area contributed by atoms with Crippen molar-refractivity contribution in [3.8, 4) is 11.5 Å². The van der Waals surface area contributed by atoms with Crippen molar-refractivity contribution in [2.45, 2.75) is 44.1 Å². The summed E-state index contributed by atoms with van der Waals surface area (Å²) in [6, 6.07) is 18.3. The maximum Gasteiger partial charge on any atom is 0.415 e. The monoisotopic (exact) mass is 625 g/mol. The molecule has 3 aromatic rings. The molecular weight excluding hydrogens is 594 g/mol. The van der Waals surface area contributed by atoms with Gasteiger partial charge in [0.25, 0.3) is 0 Å². The van der Waals surface area contributed by atoms with E-state index in [2.05, 4.69) is 15.9 Å². The minimum Gasteiger partial charge on any atom is -0.478 e. The molecule has 3 aromatic carbocycles. The van der Waals surface area contributed by atoms with Crippen LogP contribution in [0.2, 0.25) is 0 Å². The van der Waals surface area contributed by atoms with Crippen molar-refractivity contribution in [3.63, 3.8) is 0 Å². The number of hydrogen-bond donors (Lipinski definition) is 1. The Morgan fingerprint density at radius 1 is 0.975 bits per heavy atom. The van der Waals surface area contributed by atoms with Crippen LogP contribution in [0.4, 0.5) is 4.79 Å². The van der Waals surface area contributed by atoms with E-state index in [4.69, 9.17) is 9.47 Å². The van der Waals surface area contributed by atoms with Crippen LogP contribution in [0.25, 0.3) is 0 Å². The van der Waals surface area contributed by atoms with Gasteiger partial charge in [-0.05, 0) is 87.0 Å². The molecule has 0 unspecified atom stereocenters. The fourth-order valence-electron chi connectivity index (χ4n) is 4.85. The lowest BCUT2D eigenvalue weighted by Gasteiger charge is -2.26. The van der Waals surface area contributed by atoms with E-state index in [1.165, 1.54) is 13.8 Å². The summed E-state index contributed by atoms with van der Waals surface area (Å²) in [6.07, 6.45) is 1.46. The number of nitrogens with zero attached hydrogens (tertiary/aromatic N) is 1. The molecule has 1 N–H and O–H groups in total. The van der Waals surface area contributed by atoms with Gasteiger partial charge in [0, 0.05) is 39.9 Å². The first kappa shape index (κ1) is 29.7. The first-order valence-corrected chi connectivity index (χ1v) is 14.9. The summed E-state index contributed by atoms with van der Waals surface area (Å²) in [4.78, 5) is 41.3. The SMILES string of the molecule is CSc1ccc(C(=O)[C@H]2CN(C(=O)Oc3ccc(Br)cc3)C[C@@H]2c2cc(C)c(OC(C)(C)C(=O)O)c(C)c2)cc1. The molecule has 1 aliphatic rings. The number of ether oxygens (including phenoxy) is 2. The molecular formula is C31H32BrNO6S. The maximum absolute atomic E-state index is 13.8. The lowest BCUT2D eigenvalue weighted by molar-refractivity contribution is -0.152. The Hall–Kier alpha value is -3.30. The third-order valence-corrected chi connectivity index (χ3v) is 8.36. The second-order valence-corrected chi connectivity index (χ2v) is 12.2. The molecule has 210 valence electrons. The van der Waals surface area contributed by atoms with Gasteiger partial charge in [0.05, 0.1) is 0 Å². The van der Waals surface area contributed by atoms with Crippen molar-refractivity contribution in [1.82, 2.24) is 4.90 Å². The molecule has 1 aliphatic heterocycles. The molecule has 1 heterocycles. The maximum atomic E-state index is 13.8. The van der Waals surface area contributed by atoms with Crippen LogP contribution < -0.4 is 9.47 Å². The molecule has 9 heteroatoms. The van der Waals surface area contributed by atoms with E-state index in [9.17, 15) is 19.5 Å². The predicted molar refractivity (Wildman–Crippen MR) is 159 cm³/mol. The highest BCUT2D eigenvalue weighted by molar-refractivity contribution is 9.10. The minimum absolute atomic E-state index is 0.0424. The van der Waals surface area contributed by atoms with Crippen LogP contribution in [0.3, 0.4) is 0 Å². The molecule has 7 nitrogen and oxygen atoms in total. The van der Waals surface area contributed by atoms with E-state index in [0.29, 0.717) is 23.6 Å². The Kier molecular flexibility index (Phi) is 8.95. The Morgan fingerprint density at radius 2 is 1.57 bits per heavy atom. The zero-order valence-corrected chi connectivity index (χ0v) is 25.5. The highest BCUT2D eigenvalue weighted by Crippen LogP contribution is 2.39. The number of carbonyl (C=O) groups excluding carboxylic acids is 2. The van der Waals surface area contributed by atoms with Gasteiger partial charge in [0.15, 0.2) is 11.4 Å². The molecule has 40 heavy (non-hydrogen) atoms. The van der Waals surface area contributed by atoms with Gasteiger partial charge in [-0.2, -0.15) is 0 Å². The Morgan fingerprint density at radius 3 is 2.12 bits per heavy atom. The number of likely N-dealkylation sites (tertiary alicyclic amines) is 1. The first-order valence-electron chi connectivity index (χ1n) is 12.8. The number of aliphatic carboxylic acids is 1. The van der Waals surface area contributed by atoms with Crippen LogP contribution in [0.15, 0.2) is 70.0 Å². The van der Waals surface area contributed by atoms with Crippen molar-refractivity contribution in [2.24, 2.45) is 5.92 Å². The molecule has 4 rings (SSSR count). The molecule has 0 bridgehead atoms. The molecule has 1 fully saturated rings. The molecule has 2 atom stereocenters. The summed E-state index contributed by atoms with van der Waals surface area (Å²) < 4.78 is 12.4. The highest BCUT2D eigenvalue weighted by Gasteiger charge is 2.42. The molecule has 1 saturated heterocycles. The number of thioether (sulfide) groups is 1. The second-order valence-electron chi connectivity index (χ2n) is 10.4. The van der Waals surface area contributed by atoms with Crippen molar-refractivity contribution in [3.05, 3.63) is 87.4 Å². The van der Waals surface area contributed by atoms with E-state index in [0.717, 1.165) is 26.1 Å². The lowest BCUT2D eigenvalue weighted by atomic mass is 9.82. The summed E-state index contributed by atoms with van der Waals surface area (Å²) in [5.74, 6) is -0.969. The topological polar surface area (TPSA) is 93.1 Å². The van der Waals surface area contributed by atoms with Crippen LogP contribution in [0, 0.1) is 19.8 Å². The number of halogens is 1. The van der Waals surface area contributed by atoms with Crippen LogP contribution in [0.1, 0.15) is 46.8 Å². The molecule has 0 aliphatic carbocycles. The fraction of sp³-hybridized carbons (Fsp3) is 0.323. The number of rotatable bonds is 8. The summed E-state index contributed by atoms with van der Waals surface area (Å²) in [6.45, 7) is 7.24. The predicted octanol–water partition coefficient (Wildman–Crippen LogP) is 7.13.